The number of benzene rings is 2. The molecular formula is C23H15BF10N. The summed E-state index contributed by atoms with van der Waals surface area (Å²) in [5.74, 6) is -26.2. The van der Waals surface area contributed by atoms with Gasteiger partial charge in [0, 0.05) is 6.42 Å². The Morgan fingerprint density at radius 3 is 1.40 bits per heavy atom. The lowest BCUT2D eigenvalue weighted by atomic mass is 9.32. The summed E-state index contributed by atoms with van der Waals surface area (Å²) in [7, 11) is 3.19. The van der Waals surface area contributed by atoms with Crippen LogP contribution in [0.5, 0.6) is 0 Å². The minimum Gasteiger partial charge on any atom is -0.239 e. The smallest absolute Gasteiger partial charge is 0.200 e. The van der Waals surface area contributed by atoms with Crippen molar-refractivity contribution in [3.63, 3.8) is 0 Å². The summed E-state index contributed by atoms with van der Waals surface area (Å²) >= 11 is 0. The quantitative estimate of drug-likeness (QED) is 0.187. The molecule has 0 fully saturated rings. The van der Waals surface area contributed by atoms with Crippen LogP contribution in [0.2, 0.25) is 5.82 Å². The van der Waals surface area contributed by atoms with E-state index in [0.717, 1.165) is 0 Å². The highest BCUT2D eigenvalue weighted by Crippen LogP contribution is 2.44. The normalized spacial score (nSPS) is 19.4. The fourth-order valence-electron chi connectivity index (χ4n) is 4.88. The van der Waals surface area contributed by atoms with Crippen LogP contribution in [0.25, 0.3) is 0 Å². The third kappa shape index (κ3) is 3.51. The number of rotatable bonds is 3. The number of hydrogen-bond donors (Lipinski definition) is 0. The van der Waals surface area contributed by atoms with Gasteiger partial charge in [-0.05, 0) is 23.8 Å². The van der Waals surface area contributed by atoms with E-state index in [1.165, 1.54) is 12.2 Å². The topological polar surface area (TPSA) is 3.01 Å². The van der Waals surface area contributed by atoms with Crippen molar-refractivity contribution >= 4 is 23.4 Å². The molecule has 2 aliphatic carbocycles. The molecule has 0 aliphatic heterocycles. The SMILES string of the molecule is CC1CC(=[N+](C)C)C2=C1C=C[C@H]2[B-](c1c(F)c(F)c(F)c(F)c1F)c1c(F)c(F)c(F)c(F)c1F. The van der Waals surface area contributed by atoms with E-state index >= 15 is 0 Å². The van der Waals surface area contributed by atoms with Gasteiger partial charge in [0.05, 0.1) is 0 Å². The minimum absolute atomic E-state index is 0.197. The molecule has 35 heavy (non-hydrogen) atoms. The van der Waals surface area contributed by atoms with Crippen LogP contribution in [0.3, 0.4) is 0 Å². The first-order valence-corrected chi connectivity index (χ1v) is 10.3. The molecule has 1 nitrogen and oxygen atoms in total. The molecule has 4 rings (SSSR count). The molecule has 2 aromatic carbocycles. The second-order valence-corrected chi connectivity index (χ2v) is 8.65. The van der Waals surface area contributed by atoms with Crippen molar-refractivity contribution in [2.45, 2.75) is 19.2 Å². The molecule has 0 spiro atoms. The molecule has 185 valence electrons. The zero-order chi connectivity index (χ0) is 26.1. The van der Waals surface area contributed by atoms with Crippen molar-refractivity contribution in [2.24, 2.45) is 5.92 Å². The molecule has 2 aliphatic rings. The van der Waals surface area contributed by atoms with Crippen molar-refractivity contribution in [2.75, 3.05) is 14.1 Å². The number of halogens is 10. The fourth-order valence-corrected chi connectivity index (χ4v) is 4.88. The molecule has 1 radical (unpaired) electrons. The second-order valence-electron chi connectivity index (χ2n) is 8.65. The molecular weight excluding hydrogens is 491 g/mol. The van der Waals surface area contributed by atoms with Crippen LogP contribution >= 0.6 is 0 Å². The summed E-state index contributed by atoms with van der Waals surface area (Å²) in [5.41, 5.74) is -2.09. The largest absolute Gasteiger partial charge is 0.239 e. The van der Waals surface area contributed by atoms with Crippen LogP contribution in [-0.4, -0.2) is 31.1 Å². The maximum Gasteiger partial charge on any atom is 0.200 e. The molecule has 1 unspecified atom stereocenters. The van der Waals surface area contributed by atoms with E-state index in [4.69, 9.17) is 0 Å². The highest BCUT2D eigenvalue weighted by Gasteiger charge is 2.41. The third-order valence-corrected chi connectivity index (χ3v) is 6.48. The summed E-state index contributed by atoms with van der Waals surface area (Å²) in [4.78, 5) is 0. The molecule has 0 amide bonds. The van der Waals surface area contributed by atoms with Gasteiger partial charge in [-0.25, -0.2) is 48.5 Å². The molecule has 12 heteroatoms. The summed E-state index contributed by atoms with van der Waals surface area (Å²) in [5, 5.41) is 0. The van der Waals surface area contributed by atoms with E-state index < -0.39 is 81.6 Å². The van der Waals surface area contributed by atoms with Gasteiger partial charge in [-0.15, -0.1) is 11.9 Å². The molecule has 0 heterocycles. The molecule has 0 N–H and O–H groups in total. The first-order chi connectivity index (χ1) is 16.3. The summed E-state index contributed by atoms with van der Waals surface area (Å²) in [6.45, 7) is -0.710. The fraction of sp³-hybridized carbons (Fsp3) is 0.261. The van der Waals surface area contributed by atoms with E-state index in [1.54, 1.807) is 25.6 Å². The zero-order valence-electron chi connectivity index (χ0n) is 18.3. The first kappa shape index (κ1) is 25.1. The van der Waals surface area contributed by atoms with Crippen LogP contribution in [0.1, 0.15) is 13.3 Å². The molecule has 0 saturated heterocycles. The van der Waals surface area contributed by atoms with Crippen LogP contribution in [0.15, 0.2) is 23.3 Å². The molecule has 0 bridgehead atoms. The van der Waals surface area contributed by atoms with E-state index in [0.29, 0.717) is 17.7 Å². The molecule has 0 saturated carbocycles. The standard InChI is InChI=1S/C23H15BF10N/c1-7-6-10(35(2)3)11-8(7)4-5-9(11)24(12-14(25)18(29)22(33)19(30)15(12)26)13-16(27)20(31)23(34)21(32)17(13)28/h4-5,7,9H,6H2,1-3H3/t7?,9-/m1/s1. The average molecular weight is 506 g/mol. The minimum atomic E-state index is -2.53. The number of allylic oxidation sites excluding steroid dienone is 4. The number of hydrogen-bond acceptors (Lipinski definition) is 0. The second kappa shape index (κ2) is 8.56. The van der Waals surface area contributed by atoms with E-state index in [9.17, 15) is 43.9 Å². The van der Waals surface area contributed by atoms with Gasteiger partial charge in [0.15, 0.2) is 40.6 Å². The lowest BCUT2D eigenvalue weighted by molar-refractivity contribution is -0.465. The molecule has 2 atom stereocenters. The highest BCUT2D eigenvalue weighted by molar-refractivity contribution is 6.88. The van der Waals surface area contributed by atoms with Crippen molar-refractivity contribution in [3.8, 4) is 0 Å². The van der Waals surface area contributed by atoms with E-state index in [2.05, 4.69) is 0 Å². The summed E-state index contributed by atoms with van der Waals surface area (Å²) < 4.78 is 145. The van der Waals surface area contributed by atoms with Gasteiger partial charge in [-0.1, -0.05) is 13.0 Å². The highest BCUT2D eigenvalue weighted by atomic mass is 19.2. The van der Waals surface area contributed by atoms with E-state index in [-0.39, 0.29) is 11.5 Å². The molecule has 2 aromatic rings. The van der Waals surface area contributed by atoms with E-state index in [1.807, 2.05) is 0 Å². The van der Waals surface area contributed by atoms with Crippen LogP contribution in [-0.2, 0) is 0 Å². The molecule has 0 aromatic heterocycles. The van der Waals surface area contributed by atoms with Crippen molar-refractivity contribution in [3.05, 3.63) is 81.5 Å². The Labute approximate surface area is 193 Å². The van der Waals surface area contributed by atoms with Gasteiger partial charge in [0.25, 0.3) is 0 Å². The zero-order valence-corrected chi connectivity index (χ0v) is 18.3. The average Bonchev–Trinajstić information content (AvgIpc) is 3.39. The van der Waals surface area contributed by atoms with Crippen molar-refractivity contribution < 1.29 is 48.5 Å². The Kier molecular flexibility index (Phi) is 6.13. The van der Waals surface area contributed by atoms with Crippen LogP contribution < -0.4 is 10.9 Å². The van der Waals surface area contributed by atoms with Gasteiger partial charge in [-0.2, -0.15) is 10.9 Å². The van der Waals surface area contributed by atoms with Gasteiger partial charge in [0.1, 0.15) is 37.4 Å². The van der Waals surface area contributed by atoms with Crippen LogP contribution in [0.4, 0.5) is 43.9 Å². The third-order valence-electron chi connectivity index (χ3n) is 6.48. The van der Waals surface area contributed by atoms with Crippen LogP contribution in [0, 0.1) is 64.1 Å². The van der Waals surface area contributed by atoms with Gasteiger partial charge >= 0.3 is 0 Å². The Morgan fingerprint density at radius 1 is 0.657 bits per heavy atom. The predicted molar refractivity (Wildman–Crippen MR) is 108 cm³/mol. The van der Waals surface area contributed by atoms with Gasteiger partial charge in [-0.3, -0.25) is 0 Å². The first-order valence-electron chi connectivity index (χ1n) is 10.3. The Balaban J connectivity index is 2.14. The summed E-state index contributed by atoms with van der Waals surface area (Å²) in [6, 6.07) is 0. The lowest BCUT2D eigenvalue weighted by Gasteiger charge is -2.37. The maximum atomic E-state index is 14.9. The summed E-state index contributed by atoms with van der Waals surface area (Å²) in [6.07, 6.45) is 3.01. The lowest BCUT2D eigenvalue weighted by Crippen LogP contribution is -2.53. The van der Waals surface area contributed by atoms with Gasteiger partial charge < -0.3 is 0 Å². The van der Waals surface area contributed by atoms with Crippen molar-refractivity contribution in [1.29, 1.82) is 0 Å². The maximum absolute atomic E-state index is 14.9. The predicted octanol–water partition coefficient (Wildman–Crippen LogP) is 4.68. The monoisotopic (exact) mass is 506 g/mol. The Morgan fingerprint density at radius 2 is 1.03 bits per heavy atom. The Hall–Kier alpha value is -3.05. The van der Waals surface area contributed by atoms with Gasteiger partial charge in [0.2, 0.25) is 0 Å². The number of nitrogens with zero attached hydrogens (tertiary/aromatic N) is 1. The Bertz CT molecular complexity index is 1250. The van der Waals surface area contributed by atoms with Crippen molar-refractivity contribution in [1.82, 2.24) is 0 Å².